The third kappa shape index (κ3) is 8.20. The van der Waals surface area contributed by atoms with E-state index in [4.69, 9.17) is 5.11 Å². The van der Waals surface area contributed by atoms with Crippen molar-refractivity contribution in [1.29, 1.82) is 0 Å². The van der Waals surface area contributed by atoms with Crippen LogP contribution in [0.4, 0.5) is 9.18 Å². The highest BCUT2D eigenvalue weighted by Gasteiger charge is 2.31. The number of nitrogens with zero attached hydrogens (tertiary/aromatic N) is 5. The van der Waals surface area contributed by atoms with Crippen LogP contribution in [0.25, 0.3) is 27.8 Å². The van der Waals surface area contributed by atoms with Gasteiger partial charge < -0.3 is 20.6 Å². The largest absolute Gasteiger partial charge is 0.465 e. The maximum absolute atomic E-state index is 14.5. The highest BCUT2D eigenvalue weighted by molar-refractivity contribution is 5.85. The summed E-state index contributed by atoms with van der Waals surface area (Å²) in [5.41, 5.74) is 2.47. The Morgan fingerprint density at radius 1 is 0.961 bits per heavy atom. The molecule has 1 saturated carbocycles. The van der Waals surface area contributed by atoms with Crippen molar-refractivity contribution >= 4 is 23.0 Å². The predicted octanol–water partition coefficient (Wildman–Crippen LogP) is 4.38. The molecule has 3 N–H and O–H groups in total. The summed E-state index contributed by atoms with van der Waals surface area (Å²) in [5, 5.41) is 14.4. The van der Waals surface area contributed by atoms with Gasteiger partial charge in [0.05, 0.1) is 17.3 Å². The second-order valence-corrected chi connectivity index (χ2v) is 14.2. The molecule has 2 aromatic heterocycles. The second kappa shape index (κ2) is 15.6. The summed E-state index contributed by atoms with van der Waals surface area (Å²) in [6.45, 7) is 8.67. The number of halogens is 1. The highest BCUT2D eigenvalue weighted by atomic mass is 19.1. The summed E-state index contributed by atoms with van der Waals surface area (Å²) in [4.78, 5) is 61.3. The number of carboxylic acid groups (broad SMARTS) is 1. The number of rotatable bonds is 9. The molecule has 1 aliphatic heterocycles. The first-order chi connectivity index (χ1) is 24.5. The Morgan fingerprint density at radius 2 is 1.71 bits per heavy atom. The molecule has 13 heteroatoms. The van der Waals surface area contributed by atoms with Crippen molar-refractivity contribution in [2.45, 2.75) is 70.6 Å². The van der Waals surface area contributed by atoms with Crippen LogP contribution < -0.4 is 21.9 Å². The molecule has 12 nitrogen and oxygen atoms in total. The number of benzene rings is 2. The van der Waals surface area contributed by atoms with Gasteiger partial charge in [-0.15, -0.1) is 0 Å². The van der Waals surface area contributed by atoms with Crippen LogP contribution in [0, 0.1) is 11.7 Å². The molecule has 4 aromatic rings. The quantitative estimate of drug-likeness (QED) is 0.234. The number of carbonyl (C=O) groups is 2. The summed E-state index contributed by atoms with van der Waals surface area (Å²) in [7, 11) is 2.16. The molecule has 2 aliphatic rings. The first kappa shape index (κ1) is 35.9. The number of fused-ring (bicyclic) bond motifs is 1. The zero-order valence-electron chi connectivity index (χ0n) is 29.3. The average molecular weight is 700 g/mol. The average Bonchev–Trinajstić information content (AvgIpc) is 3.31. The molecule has 2 amide bonds. The van der Waals surface area contributed by atoms with E-state index in [1.807, 2.05) is 18.2 Å². The van der Waals surface area contributed by atoms with Crippen LogP contribution in [-0.4, -0.2) is 86.3 Å². The number of amides is 2. The van der Waals surface area contributed by atoms with Gasteiger partial charge in [-0.1, -0.05) is 50.2 Å². The number of hydrogen-bond acceptors (Lipinski definition) is 7. The molecule has 0 bridgehead atoms. The van der Waals surface area contributed by atoms with Gasteiger partial charge in [-0.25, -0.2) is 23.5 Å². The summed E-state index contributed by atoms with van der Waals surface area (Å²) >= 11 is 0. The lowest BCUT2D eigenvalue weighted by atomic mass is 9.90. The highest BCUT2D eigenvalue weighted by Crippen LogP contribution is 2.29. The molecule has 3 heterocycles. The minimum atomic E-state index is -1.28. The van der Waals surface area contributed by atoms with Crippen molar-refractivity contribution in [3.8, 4) is 16.8 Å². The third-order valence-electron chi connectivity index (χ3n) is 10.1. The molecule has 0 unspecified atom stereocenters. The van der Waals surface area contributed by atoms with E-state index < -0.39 is 41.2 Å². The minimum absolute atomic E-state index is 0.000918. The predicted molar refractivity (Wildman–Crippen MR) is 194 cm³/mol. The number of carbonyl (C=O) groups excluding carboxylic acids is 1. The van der Waals surface area contributed by atoms with Gasteiger partial charge in [-0.2, -0.15) is 0 Å². The summed E-state index contributed by atoms with van der Waals surface area (Å²) in [6, 6.07) is 15.4. The molecule has 1 aliphatic carbocycles. The Bertz CT molecular complexity index is 2000. The van der Waals surface area contributed by atoms with E-state index in [2.05, 4.69) is 56.7 Å². The van der Waals surface area contributed by atoms with Gasteiger partial charge in [-0.05, 0) is 93.0 Å². The van der Waals surface area contributed by atoms with Gasteiger partial charge in [0, 0.05) is 31.7 Å². The van der Waals surface area contributed by atoms with Crippen LogP contribution in [0.2, 0.25) is 0 Å². The van der Waals surface area contributed by atoms with Crippen molar-refractivity contribution < 1.29 is 19.1 Å². The fourth-order valence-corrected chi connectivity index (χ4v) is 7.32. The molecule has 2 aromatic carbocycles. The Hall–Kier alpha value is -4.88. The number of nitrogens with one attached hydrogen (secondary N) is 2. The molecular weight excluding hydrogens is 653 g/mol. The maximum Gasteiger partial charge on any atom is 0.405 e. The molecule has 6 rings (SSSR count). The molecule has 1 saturated heterocycles. The Kier molecular flexibility index (Phi) is 11.0. The van der Waals surface area contributed by atoms with Crippen molar-refractivity contribution in [1.82, 2.24) is 34.6 Å². The fraction of sp³-hybridized carbons (Fsp3) is 0.447. The molecule has 270 valence electrons. The Labute approximate surface area is 295 Å². The monoisotopic (exact) mass is 699 g/mol. The third-order valence-corrected chi connectivity index (χ3v) is 10.1. The lowest BCUT2D eigenvalue weighted by molar-refractivity contribution is -0.125. The lowest BCUT2D eigenvalue weighted by Gasteiger charge is -2.31. The number of hydrogen-bond donors (Lipinski definition) is 3. The van der Waals surface area contributed by atoms with Crippen LogP contribution >= 0.6 is 0 Å². The van der Waals surface area contributed by atoms with Crippen LogP contribution in [0.3, 0.4) is 0 Å². The van der Waals surface area contributed by atoms with E-state index in [0.29, 0.717) is 31.4 Å². The van der Waals surface area contributed by atoms with Gasteiger partial charge in [0.25, 0.3) is 5.56 Å². The Balaban J connectivity index is 1.26. The van der Waals surface area contributed by atoms with E-state index in [0.717, 1.165) is 62.5 Å². The van der Waals surface area contributed by atoms with E-state index in [-0.39, 0.29) is 23.0 Å². The molecular formula is C38H46FN7O5. The molecule has 0 radical (unpaired) electrons. The van der Waals surface area contributed by atoms with Crippen molar-refractivity contribution in [2.24, 2.45) is 5.92 Å². The van der Waals surface area contributed by atoms with E-state index >= 15 is 0 Å². The topological polar surface area (TPSA) is 142 Å². The van der Waals surface area contributed by atoms with Crippen LogP contribution in [-0.2, 0) is 11.3 Å². The zero-order chi connectivity index (χ0) is 36.2. The Morgan fingerprint density at radius 3 is 2.41 bits per heavy atom. The van der Waals surface area contributed by atoms with Gasteiger partial charge in [0.2, 0.25) is 5.91 Å². The molecule has 0 spiro atoms. The van der Waals surface area contributed by atoms with Gasteiger partial charge >= 0.3 is 11.8 Å². The van der Waals surface area contributed by atoms with E-state index in [1.54, 1.807) is 19.9 Å². The molecule has 2 fully saturated rings. The SMILES string of the molecule is CC(C)[C@H](NC(=O)O)C(=O)NC1CCC(n2c(=O)c3cc(F)cnc3n(-c3cccc(-c4ccc(CN5CCCN(C)CC5)cc4)c3)c2=O)CC1. The van der Waals surface area contributed by atoms with Gasteiger partial charge in [-0.3, -0.25) is 19.1 Å². The van der Waals surface area contributed by atoms with Crippen LogP contribution in [0.15, 0.2) is 70.4 Å². The molecule has 51 heavy (non-hydrogen) atoms. The standard InChI is InChI=1S/C38H46FN7O5/c1-24(2)33(42-37(49)50)35(47)41-29-12-14-30(15-13-29)46-36(48)32-21-28(39)22-40-34(32)45(38(46)51)31-7-4-6-27(20-31)26-10-8-25(9-11-26)23-44-17-5-16-43(3)18-19-44/h4,6-11,20-22,24,29-30,33,42H,5,12-19,23H2,1-3H3,(H,41,47)(H,49,50)/t29?,30?,33-/m0/s1. The minimum Gasteiger partial charge on any atom is -0.465 e. The second-order valence-electron chi connectivity index (χ2n) is 14.2. The normalized spacial score (nSPS) is 19.5. The van der Waals surface area contributed by atoms with Crippen molar-refractivity contribution in [2.75, 3.05) is 33.2 Å². The first-order valence-corrected chi connectivity index (χ1v) is 17.7. The van der Waals surface area contributed by atoms with E-state index in [1.165, 1.54) is 14.7 Å². The lowest BCUT2D eigenvalue weighted by Crippen LogP contribution is -2.52. The fourth-order valence-electron chi connectivity index (χ4n) is 7.32. The van der Waals surface area contributed by atoms with Crippen LogP contribution in [0.1, 0.15) is 57.6 Å². The van der Waals surface area contributed by atoms with E-state index in [9.17, 15) is 23.6 Å². The summed E-state index contributed by atoms with van der Waals surface area (Å²) < 4.78 is 17.1. The summed E-state index contributed by atoms with van der Waals surface area (Å²) in [6.07, 6.45) is 2.64. The van der Waals surface area contributed by atoms with Crippen molar-refractivity contribution in [3.63, 3.8) is 0 Å². The van der Waals surface area contributed by atoms with Crippen LogP contribution in [0.5, 0.6) is 0 Å². The summed E-state index contributed by atoms with van der Waals surface area (Å²) in [5.74, 6) is -1.35. The number of pyridine rings is 1. The zero-order valence-corrected chi connectivity index (χ0v) is 29.3. The number of likely N-dealkylation sites (N-methyl/N-ethyl adjacent to an activating group) is 1. The first-order valence-electron chi connectivity index (χ1n) is 17.7. The number of aromatic nitrogens is 3. The molecule has 1 atom stereocenters. The van der Waals surface area contributed by atoms with Gasteiger partial charge in [0.15, 0.2) is 5.65 Å². The maximum atomic E-state index is 14.5. The van der Waals surface area contributed by atoms with Gasteiger partial charge in [0.1, 0.15) is 11.9 Å². The van der Waals surface area contributed by atoms with Crippen molar-refractivity contribution in [3.05, 3.63) is 93.0 Å². The smallest absolute Gasteiger partial charge is 0.405 e.